The molecule has 0 N–H and O–H groups in total. The van der Waals surface area contributed by atoms with Gasteiger partial charge in [-0.05, 0) is 18.1 Å². The summed E-state index contributed by atoms with van der Waals surface area (Å²) in [7, 11) is -0.924. The average molecular weight is 258 g/mol. The zero-order valence-corrected chi connectivity index (χ0v) is 12.0. The summed E-state index contributed by atoms with van der Waals surface area (Å²) in [4.78, 5) is 0. The Bertz CT molecular complexity index is 405. The maximum absolute atomic E-state index is 5.97. The molecule has 0 saturated heterocycles. The molecule has 2 nitrogen and oxygen atoms in total. The first-order chi connectivity index (χ1) is 8.92. The van der Waals surface area contributed by atoms with E-state index < -0.39 is 10.0 Å². The highest BCUT2D eigenvalue weighted by atomic mass is 28.3. The van der Waals surface area contributed by atoms with Crippen LogP contribution in [0.5, 0.6) is 0 Å². The second kappa shape index (κ2) is 7.11. The maximum Gasteiger partial charge on any atom is 0.305 e. The molecule has 94 valence electrons. The summed E-state index contributed by atoms with van der Waals surface area (Å²) in [5.74, 6) is 0. The van der Waals surface area contributed by atoms with Gasteiger partial charge in [-0.25, -0.2) is 0 Å². The third-order valence-corrected chi connectivity index (χ3v) is 3.77. The van der Waals surface area contributed by atoms with Gasteiger partial charge in [0.2, 0.25) is 0 Å². The lowest BCUT2D eigenvalue weighted by Gasteiger charge is -2.18. The van der Waals surface area contributed by atoms with Crippen LogP contribution in [0.1, 0.15) is 24.2 Å². The molecule has 18 heavy (non-hydrogen) atoms. The summed E-state index contributed by atoms with van der Waals surface area (Å²) in [5, 5.41) is 0. The lowest BCUT2D eigenvalue weighted by molar-refractivity contribution is 0.188. The highest BCUT2D eigenvalue weighted by Crippen LogP contribution is 2.25. The normalized spacial score (nSPS) is 11.4. The third kappa shape index (κ3) is 3.53. The van der Waals surface area contributed by atoms with Crippen LogP contribution in [0.3, 0.4) is 0 Å². The van der Waals surface area contributed by atoms with Crippen LogP contribution in [0.2, 0.25) is 0 Å². The van der Waals surface area contributed by atoms with Gasteiger partial charge in [0.05, 0.1) is 6.10 Å². The van der Waals surface area contributed by atoms with Crippen molar-refractivity contribution >= 4 is 10.0 Å². The van der Waals surface area contributed by atoms with Crippen molar-refractivity contribution in [3.63, 3.8) is 0 Å². The van der Waals surface area contributed by atoms with Crippen LogP contribution in [0.15, 0.2) is 60.7 Å². The molecular formula is C15H18O2Si. The quantitative estimate of drug-likeness (QED) is 0.586. The third-order valence-electron chi connectivity index (χ3n) is 2.73. The molecule has 2 aromatic rings. The fraction of sp³-hybridized carbons (Fsp3) is 0.200. The zero-order chi connectivity index (χ0) is 12.6. The van der Waals surface area contributed by atoms with E-state index in [4.69, 9.17) is 8.85 Å². The van der Waals surface area contributed by atoms with Crippen LogP contribution < -0.4 is 0 Å². The van der Waals surface area contributed by atoms with Gasteiger partial charge in [-0.3, -0.25) is 0 Å². The van der Waals surface area contributed by atoms with Gasteiger partial charge in [-0.2, -0.15) is 0 Å². The summed E-state index contributed by atoms with van der Waals surface area (Å²) in [5.41, 5.74) is 2.35. The monoisotopic (exact) mass is 258 g/mol. The molecule has 0 atom stereocenters. The standard InChI is InChI=1S/C15H18O2Si/c1-2-16-18-17-15(13-9-5-3-6-10-13)14-11-7-4-8-12-14/h3-12,15H,2,18H2,1H3. The highest BCUT2D eigenvalue weighted by Gasteiger charge is 2.13. The Labute approximate surface area is 111 Å². The topological polar surface area (TPSA) is 18.5 Å². The SMILES string of the molecule is CCO[SiH2]OC(c1ccccc1)c1ccccc1. The van der Waals surface area contributed by atoms with E-state index in [1.165, 1.54) is 11.1 Å². The van der Waals surface area contributed by atoms with Gasteiger partial charge in [0.15, 0.2) is 0 Å². The van der Waals surface area contributed by atoms with Crippen molar-refractivity contribution in [1.82, 2.24) is 0 Å². The van der Waals surface area contributed by atoms with E-state index in [0.29, 0.717) is 0 Å². The van der Waals surface area contributed by atoms with Gasteiger partial charge in [-0.15, -0.1) is 0 Å². The summed E-state index contributed by atoms with van der Waals surface area (Å²) < 4.78 is 11.4. The van der Waals surface area contributed by atoms with E-state index >= 15 is 0 Å². The molecule has 0 radical (unpaired) electrons. The Morgan fingerprint density at radius 1 is 0.889 bits per heavy atom. The van der Waals surface area contributed by atoms with Gasteiger partial charge >= 0.3 is 10.0 Å². The Kier molecular flexibility index (Phi) is 5.14. The lowest BCUT2D eigenvalue weighted by Crippen LogP contribution is -2.12. The Hall–Kier alpha value is -1.42. The number of benzene rings is 2. The molecule has 0 amide bonds. The summed E-state index contributed by atoms with van der Waals surface area (Å²) >= 11 is 0. The average Bonchev–Trinajstić information content (AvgIpc) is 2.46. The predicted molar refractivity (Wildman–Crippen MR) is 76.0 cm³/mol. The number of hydrogen-bond donors (Lipinski definition) is 0. The van der Waals surface area contributed by atoms with Crippen molar-refractivity contribution in [2.24, 2.45) is 0 Å². The molecular weight excluding hydrogens is 240 g/mol. The fourth-order valence-electron chi connectivity index (χ4n) is 1.84. The van der Waals surface area contributed by atoms with Crippen molar-refractivity contribution in [2.45, 2.75) is 13.0 Å². The largest absolute Gasteiger partial charge is 0.399 e. The van der Waals surface area contributed by atoms with Crippen molar-refractivity contribution in [3.05, 3.63) is 71.8 Å². The van der Waals surface area contributed by atoms with Gasteiger partial charge < -0.3 is 8.85 Å². The predicted octanol–water partition coefficient (Wildman–Crippen LogP) is 2.83. The van der Waals surface area contributed by atoms with Crippen LogP contribution in [0, 0.1) is 0 Å². The van der Waals surface area contributed by atoms with E-state index in [2.05, 4.69) is 24.3 Å². The Morgan fingerprint density at radius 3 is 1.83 bits per heavy atom. The molecule has 0 aliphatic heterocycles. The summed E-state index contributed by atoms with van der Waals surface area (Å²) in [6.45, 7) is 2.72. The van der Waals surface area contributed by atoms with Crippen LogP contribution >= 0.6 is 0 Å². The minimum absolute atomic E-state index is 0.00869. The Morgan fingerprint density at radius 2 is 1.39 bits per heavy atom. The number of rotatable bonds is 6. The highest BCUT2D eigenvalue weighted by molar-refractivity contribution is 6.18. The van der Waals surface area contributed by atoms with E-state index in [1.54, 1.807) is 0 Å². The Balaban J connectivity index is 2.18. The van der Waals surface area contributed by atoms with Crippen molar-refractivity contribution < 1.29 is 8.85 Å². The van der Waals surface area contributed by atoms with Gasteiger partial charge in [0, 0.05) is 6.61 Å². The molecule has 2 rings (SSSR count). The molecule has 0 spiro atoms. The van der Waals surface area contributed by atoms with E-state index in [0.717, 1.165) is 6.61 Å². The van der Waals surface area contributed by atoms with Crippen LogP contribution in [-0.4, -0.2) is 16.6 Å². The minimum atomic E-state index is -0.924. The van der Waals surface area contributed by atoms with E-state index in [1.807, 2.05) is 43.3 Å². The van der Waals surface area contributed by atoms with Crippen LogP contribution in [0.25, 0.3) is 0 Å². The second-order valence-electron chi connectivity index (χ2n) is 3.98. The first-order valence-electron chi connectivity index (χ1n) is 6.21. The smallest absolute Gasteiger partial charge is 0.305 e. The van der Waals surface area contributed by atoms with Crippen molar-refractivity contribution in [3.8, 4) is 0 Å². The first-order valence-corrected chi connectivity index (χ1v) is 7.36. The minimum Gasteiger partial charge on any atom is -0.399 e. The molecule has 0 aliphatic rings. The van der Waals surface area contributed by atoms with Crippen molar-refractivity contribution in [1.29, 1.82) is 0 Å². The molecule has 0 aliphatic carbocycles. The summed E-state index contributed by atoms with van der Waals surface area (Å²) in [6.07, 6.45) is -0.00869. The van der Waals surface area contributed by atoms with E-state index in [9.17, 15) is 0 Å². The van der Waals surface area contributed by atoms with Crippen LogP contribution in [0.4, 0.5) is 0 Å². The zero-order valence-electron chi connectivity index (χ0n) is 10.6. The molecule has 0 saturated carbocycles. The lowest BCUT2D eigenvalue weighted by atomic mass is 10.0. The number of hydrogen-bond acceptors (Lipinski definition) is 2. The van der Waals surface area contributed by atoms with Crippen LogP contribution in [-0.2, 0) is 8.85 Å². The molecule has 0 heterocycles. The molecule has 0 bridgehead atoms. The second-order valence-corrected chi connectivity index (χ2v) is 4.96. The molecule has 0 fully saturated rings. The van der Waals surface area contributed by atoms with Crippen molar-refractivity contribution in [2.75, 3.05) is 6.61 Å². The van der Waals surface area contributed by atoms with Gasteiger partial charge in [0.1, 0.15) is 0 Å². The fourth-order valence-corrected chi connectivity index (χ4v) is 2.62. The molecule has 3 heteroatoms. The molecule has 0 aromatic heterocycles. The maximum atomic E-state index is 5.97. The molecule has 0 unspecified atom stereocenters. The van der Waals surface area contributed by atoms with Gasteiger partial charge in [0.25, 0.3) is 0 Å². The van der Waals surface area contributed by atoms with Gasteiger partial charge in [-0.1, -0.05) is 60.7 Å². The summed E-state index contributed by atoms with van der Waals surface area (Å²) in [6, 6.07) is 20.6. The molecule has 2 aromatic carbocycles. The first kappa shape index (κ1) is 13.0. The van der Waals surface area contributed by atoms with E-state index in [-0.39, 0.29) is 6.10 Å².